The molecule has 1 aliphatic carbocycles. The number of halogens is 1. The van der Waals surface area contributed by atoms with Gasteiger partial charge in [0.25, 0.3) is 5.89 Å². The molecule has 2 heterocycles. The number of aryl methyl sites for hydroxylation is 1. The van der Waals surface area contributed by atoms with E-state index in [-0.39, 0.29) is 12.4 Å². The van der Waals surface area contributed by atoms with Crippen molar-refractivity contribution in [1.29, 1.82) is 0 Å². The van der Waals surface area contributed by atoms with Gasteiger partial charge in [-0.05, 0) is 56.5 Å². The van der Waals surface area contributed by atoms with Gasteiger partial charge in [0, 0.05) is 11.3 Å². The van der Waals surface area contributed by atoms with Crippen LogP contribution in [0.1, 0.15) is 30.8 Å². The Kier molecular flexibility index (Phi) is 4.69. The van der Waals surface area contributed by atoms with Gasteiger partial charge >= 0.3 is 0 Å². The molecule has 0 radical (unpaired) electrons. The number of benzene rings is 1. The lowest BCUT2D eigenvalue weighted by Crippen LogP contribution is -2.44. The molecule has 7 nitrogen and oxygen atoms in total. The molecule has 1 saturated carbocycles. The molecule has 0 saturated heterocycles. The molecule has 25 heavy (non-hydrogen) atoms. The first-order valence-corrected chi connectivity index (χ1v) is 7.93. The molecule has 0 spiro atoms. The summed E-state index contributed by atoms with van der Waals surface area (Å²) in [6.07, 6.45) is 2.91. The Morgan fingerprint density at radius 1 is 1.16 bits per heavy atom. The van der Waals surface area contributed by atoms with Gasteiger partial charge in [0.2, 0.25) is 0 Å². The summed E-state index contributed by atoms with van der Waals surface area (Å²) in [4.78, 5) is 4.48. The van der Waals surface area contributed by atoms with E-state index in [1.54, 1.807) is 0 Å². The molecular formula is C17H19ClN6O. The van der Waals surface area contributed by atoms with Crippen LogP contribution in [-0.4, -0.2) is 20.3 Å². The van der Waals surface area contributed by atoms with Crippen molar-refractivity contribution < 1.29 is 4.52 Å². The van der Waals surface area contributed by atoms with Crippen LogP contribution in [0.25, 0.3) is 11.5 Å². The SMILES string of the molecule is Cc1ccc(Nc2cccc(-c3nc(C4(N)CCC4)no3)c2)nn1.Cl. The van der Waals surface area contributed by atoms with E-state index < -0.39 is 5.54 Å². The van der Waals surface area contributed by atoms with Crippen molar-refractivity contribution in [2.24, 2.45) is 5.73 Å². The number of aromatic nitrogens is 4. The smallest absolute Gasteiger partial charge is 0.258 e. The lowest BCUT2D eigenvalue weighted by molar-refractivity contribution is 0.229. The highest BCUT2D eigenvalue weighted by Gasteiger charge is 2.39. The highest BCUT2D eigenvalue weighted by Crippen LogP contribution is 2.37. The Labute approximate surface area is 151 Å². The van der Waals surface area contributed by atoms with Gasteiger partial charge < -0.3 is 15.6 Å². The fourth-order valence-electron chi connectivity index (χ4n) is 2.67. The summed E-state index contributed by atoms with van der Waals surface area (Å²) in [5.74, 6) is 1.74. The molecule has 3 N–H and O–H groups in total. The predicted octanol–water partition coefficient (Wildman–Crippen LogP) is 3.34. The Bertz CT molecular complexity index is 860. The van der Waals surface area contributed by atoms with Crippen molar-refractivity contribution in [2.75, 3.05) is 5.32 Å². The minimum absolute atomic E-state index is 0. The zero-order valence-electron chi connectivity index (χ0n) is 13.8. The second kappa shape index (κ2) is 6.78. The summed E-state index contributed by atoms with van der Waals surface area (Å²) in [6.45, 7) is 1.90. The first kappa shape index (κ1) is 17.3. The van der Waals surface area contributed by atoms with Gasteiger partial charge in [-0.3, -0.25) is 0 Å². The lowest BCUT2D eigenvalue weighted by atomic mass is 9.77. The number of anilines is 2. The van der Waals surface area contributed by atoms with E-state index in [0.29, 0.717) is 17.5 Å². The number of rotatable bonds is 4. The number of nitrogens with one attached hydrogen (secondary N) is 1. The maximum Gasteiger partial charge on any atom is 0.258 e. The van der Waals surface area contributed by atoms with Crippen LogP contribution in [0.2, 0.25) is 0 Å². The summed E-state index contributed by atoms with van der Waals surface area (Å²) in [5, 5.41) is 15.4. The molecular weight excluding hydrogens is 340 g/mol. The van der Waals surface area contributed by atoms with Gasteiger partial charge in [-0.2, -0.15) is 10.1 Å². The molecule has 1 fully saturated rings. The molecule has 1 aliphatic rings. The van der Waals surface area contributed by atoms with E-state index in [1.807, 2.05) is 43.3 Å². The van der Waals surface area contributed by atoms with E-state index in [2.05, 4.69) is 25.7 Å². The van der Waals surface area contributed by atoms with Crippen molar-refractivity contribution in [3.63, 3.8) is 0 Å². The van der Waals surface area contributed by atoms with E-state index >= 15 is 0 Å². The minimum Gasteiger partial charge on any atom is -0.339 e. The van der Waals surface area contributed by atoms with Crippen LogP contribution in [0, 0.1) is 6.92 Å². The summed E-state index contributed by atoms with van der Waals surface area (Å²) in [6, 6.07) is 11.5. The average Bonchev–Trinajstić information content (AvgIpc) is 3.05. The van der Waals surface area contributed by atoms with E-state index in [9.17, 15) is 0 Å². The molecule has 0 amide bonds. The Balaban J connectivity index is 0.00000182. The molecule has 3 aromatic rings. The van der Waals surface area contributed by atoms with Gasteiger partial charge in [0.1, 0.15) is 0 Å². The summed E-state index contributed by atoms with van der Waals surface area (Å²) in [5.41, 5.74) is 8.41. The summed E-state index contributed by atoms with van der Waals surface area (Å²) < 4.78 is 5.40. The van der Waals surface area contributed by atoms with Crippen molar-refractivity contribution in [3.05, 3.63) is 47.9 Å². The third-order valence-corrected chi connectivity index (χ3v) is 4.30. The first-order chi connectivity index (χ1) is 11.6. The normalized spacial score (nSPS) is 15.1. The lowest BCUT2D eigenvalue weighted by Gasteiger charge is -2.34. The second-order valence-electron chi connectivity index (χ2n) is 6.20. The van der Waals surface area contributed by atoms with E-state index in [0.717, 1.165) is 36.2 Å². The summed E-state index contributed by atoms with van der Waals surface area (Å²) >= 11 is 0. The number of nitrogens with zero attached hydrogens (tertiary/aromatic N) is 4. The molecule has 8 heteroatoms. The predicted molar refractivity (Wildman–Crippen MR) is 96.8 cm³/mol. The molecule has 0 atom stereocenters. The topological polar surface area (TPSA) is 103 Å². The second-order valence-corrected chi connectivity index (χ2v) is 6.20. The van der Waals surface area contributed by atoms with Crippen LogP contribution in [0.3, 0.4) is 0 Å². The Morgan fingerprint density at radius 3 is 2.68 bits per heavy atom. The Morgan fingerprint density at radius 2 is 2.00 bits per heavy atom. The molecule has 1 aromatic carbocycles. The summed E-state index contributed by atoms with van der Waals surface area (Å²) in [7, 11) is 0. The quantitative estimate of drug-likeness (QED) is 0.737. The van der Waals surface area contributed by atoms with Crippen LogP contribution in [-0.2, 0) is 5.54 Å². The van der Waals surface area contributed by atoms with Crippen LogP contribution in [0.4, 0.5) is 11.5 Å². The third-order valence-electron chi connectivity index (χ3n) is 4.30. The number of nitrogens with two attached hydrogens (primary N) is 1. The Hall–Kier alpha value is -2.51. The van der Waals surface area contributed by atoms with E-state index in [1.165, 1.54) is 0 Å². The first-order valence-electron chi connectivity index (χ1n) is 7.93. The van der Waals surface area contributed by atoms with Gasteiger partial charge in [0.05, 0.1) is 11.2 Å². The molecule has 4 rings (SSSR count). The zero-order valence-corrected chi connectivity index (χ0v) is 14.6. The average molecular weight is 359 g/mol. The van der Waals surface area contributed by atoms with Crippen LogP contribution < -0.4 is 11.1 Å². The molecule has 0 bridgehead atoms. The molecule has 130 valence electrons. The van der Waals surface area contributed by atoms with Gasteiger partial charge in [-0.25, -0.2) is 0 Å². The fraction of sp³-hybridized carbons (Fsp3) is 0.294. The maximum absolute atomic E-state index is 6.25. The highest BCUT2D eigenvalue weighted by molar-refractivity contribution is 5.85. The molecule has 0 aliphatic heterocycles. The molecule has 0 unspecified atom stereocenters. The minimum atomic E-state index is -0.422. The fourth-order valence-corrected chi connectivity index (χ4v) is 2.67. The van der Waals surface area contributed by atoms with Crippen LogP contribution in [0.5, 0.6) is 0 Å². The largest absolute Gasteiger partial charge is 0.339 e. The maximum atomic E-state index is 6.25. The van der Waals surface area contributed by atoms with Gasteiger partial charge in [0.15, 0.2) is 11.6 Å². The van der Waals surface area contributed by atoms with Gasteiger partial charge in [-0.1, -0.05) is 11.2 Å². The van der Waals surface area contributed by atoms with E-state index in [4.69, 9.17) is 10.3 Å². The van der Waals surface area contributed by atoms with Gasteiger partial charge in [-0.15, -0.1) is 17.5 Å². The zero-order chi connectivity index (χ0) is 16.6. The van der Waals surface area contributed by atoms with Crippen molar-refractivity contribution >= 4 is 23.9 Å². The molecule has 2 aromatic heterocycles. The van der Waals surface area contributed by atoms with Crippen molar-refractivity contribution in [1.82, 2.24) is 20.3 Å². The third kappa shape index (κ3) is 3.47. The number of hydrogen-bond acceptors (Lipinski definition) is 7. The van der Waals surface area contributed by atoms with Crippen molar-refractivity contribution in [3.8, 4) is 11.5 Å². The highest BCUT2D eigenvalue weighted by atomic mass is 35.5. The van der Waals surface area contributed by atoms with Crippen molar-refractivity contribution in [2.45, 2.75) is 31.7 Å². The van der Waals surface area contributed by atoms with Crippen LogP contribution >= 0.6 is 12.4 Å². The van der Waals surface area contributed by atoms with Crippen LogP contribution in [0.15, 0.2) is 40.9 Å². The standard InChI is InChI=1S/C17H18N6O.ClH/c1-11-6-7-14(22-21-11)19-13-5-2-4-12(10-13)15-20-16(23-24-15)17(18)8-3-9-17;/h2,4-7,10H,3,8-9,18H2,1H3,(H,19,22);1H. The monoisotopic (exact) mass is 358 g/mol. The number of hydrogen-bond donors (Lipinski definition) is 2.